The van der Waals surface area contributed by atoms with Crippen molar-refractivity contribution in [2.45, 2.75) is 17.8 Å². The topological polar surface area (TPSA) is 52.6 Å². The van der Waals surface area contributed by atoms with Crippen LogP contribution in [-0.2, 0) is 5.67 Å². The number of rotatable bonds is 9. The molecular weight excluding hydrogens is 526 g/mol. The Morgan fingerprint density at radius 3 is 1.00 bits per heavy atom. The van der Waals surface area contributed by atoms with E-state index in [-0.39, 0.29) is 23.0 Å². The molecule has 0 saturated heterocycles. The normalized spacial score (nSPS) is 12.1. The third-order valence-corrected chi connectivity index (χ3v) is 5.80. The lowest BCUT2D eigenvalue weighted by atomic mass is 9.82. The third-order valence-electron chi connectivity index (χ3n) is 5.80. The summed E-state index contributed by atoms with van der Waals surface area (Å²) in [6, 6.07) is 19.0. The molecule has 4 rings (SSSR count). The van der Waals surface area contributed by atoms with Crippen LogP contribution in [0.5, 0.6) is 23.0 Å². The van der Waals surface area contributed by atoms with Crippen molar-refractivity contribution in [2.75, 3.05) is 0 Å². The molecule has 0 aliphatic rings. The summed E-state index contributed by atoms with van der Waals surface area (Å²) in [7, 11) is 0. The first-order valence-corrected chi connectivity index (χ1v) is 11.3. The average Bonchev–Trinajstić information content (AvgIpc) is 2.93. The Morgan fingerprint density at radius 1 is 0.462 bits per heavy atom. The molecule has 0 heterocycles. The smallest absolute Gasteiger partial charge is 0.457 e. The molecule has 0 atom stereocenters. The second-order valence-electron chi connectivity index (χ2n) is 8.36. The van der Waals surface area contributed by atoms with Gasteiger partial charge in [0.15, 0.2) is 0 Å². The van der Waals surface area contributed by atoms with Gasteiger partial charge in [-0.3, -0.25) is 9.59 Å². The Labute approximate surface area is 218 Å². The standard InChI is InChI=1S/C29H18F6O4/c30-27(28(31,32)29(33,34)35,21-5-13-25(14-6-21)38-23-9-1-19(17-36)2-10-23)22-7-15-26(16-8-22)39-24-11-3-20(18-37)4-12-24/h1-18H. The molecule has 39 heavy (non-hydrogen) atoms. The summed E-state index contributed by atoms with van der Waals surface area (Å²) in [5.41, 5.74) is -5.44. The molecule has 10 heteroatoms. The highest BCUT2D eigenvalue weighted by molar-refractivity contribution is 5.75. The number of hydrogen-bond donors (Lipinski definition) is 0. The van der Waals surface area contributed by atoms with Gasteiger partial charge in [-0.15, -0.1) is 0 Å². The highest BCUT2D eigenvalue weighted by Gasteiger charge is 2.72. The molecule has 0 bridgehead atoms. The van der Waals surface area contributed by atoms with Gasteiger partial charge in [0.05, 0.1) is 0 Å². The summed E-state index contributed by atoms with van der Waals surface area (Å²) in [6.45, 7) is 0. The van der Waals surface area contributed by atoms with Gasteiger partial charge in [0.1, 0.15) is 35.6 Å². The van der Waals surface area contributed by atoms with Crippen molar-refractivity contribution in [3.8, 4) is 23.0 Å². The fraction of sp³-hybridized carbons (Fsp3) is 0.103. The van der Waals surface area contributed by atoms with Crippen LogP contribution in [0, 0.1) is 0 Å². The second kappa shape index (κ2) is 10.6. The van der Waals surface area contributed by atoms with Crippen molar-refractivity contribution in [3.63, 3.8) is 0 Å². The minimum Gasteiger partial charge on any atom is -0.457 e. The fourth-order valence-electron chi connectivity index (χ4n) is 3.73. The van der Waals surface area contributed by atoms with Crippen molar-refractivity contribution in [2.24, 2.45) is 0 Å². The van der Waals surface area contributed by atoms with Crippen molar-refractivity contribution >= 4 is 12.6 Å². The molecule has 0 N–H and O–H groups in total. The van der Waals surface area contributed by atoms with Crippen molar-refractivity contribution in [3.05, 3.63) is 119 Å². The van der Waals surface area contributed by atoms with E-state index < -0.39 is 28.9 Å². The lowest BCUT2D eigenvalue weighted by Gasteiger charge is -2.35. The van der Waals surface area contributed by atoms with E-state index in [2.05, 4.69) is 0 Å². The molecule has 0 aromatic heterocycles. The number of halogens is 6. The summed E-state index contributed by atoms with van der Waals surface area (Å²) in [5.74, 6) is -5.20. The molecule has 0 aliphatic heterocycles. The van der Waals surface area contributed by atoms with Crippen LogP contribution in [0.4, 0.5) is 26.3 Å². The molecule has 0 fully saturated rings. The van der Waals surface area contributed by atoms with Gasteiger partial charge in [-0.2, -0.15) is 22.0 Å². The quantitative estimate of drug-likeness (QED) is 0.157. The highest BCUT2D eigenvalue weighted by Crippen LogP contribution is 2.54. The van der Waals surface area contributed by atoms with E-state index in [4.69, 9.17) is 9.47 Å². The molecule has 0 aliphatic carbocycles. The van der Waals surface area contributed by atoms with Gasteiger partial charge in [-0.25, -0.2) is 4.39 Å². The molecule has 0 amide bonds. The number of aldehydes is 2. The molecule has 4 aromatic rings. The van der Waals surface area contributed by atoms with Crippen LogP contribution in [0.15, 0.2) is 97.1 Å². The first kappa shape index (κ1) is 27.4. The van der Waals surface area contributed by atoms with Gasteiger partial charge in [-0.05, 0) is 72.8 Å². The first-order valence-electron chi connectivity index (χ1n) is 11.3. The van der Waals surface area contributed by atoms with Crippen molar-refractivity contribution < 1.29 is 45.4 Å². The number of carbonyl (C=O) groups excluding carboxylic acids is 2. The summed E-state index contributed by atoms with van der Waals surface area (Å²) >= 11 is 0. The van der Waals surface area contributed by atoms with Crippen LogP contribution >= 0.6 is 0 Å². The molecule has 0 radical (unpaired) electrons. The molecule has 0 spiro atoms. The predicted molar refractivity (Wildman–Crippen MR) is 130 cm³/mol. The van der Waals surface area contributed by atoms with Gasteiger partial charge in [0, 0.05) is 22.3 Å². The van der Waals surface area contributed by atoms with Gasteiger partial charge < -0.3 is 9.47 Å². The van der Waals surface area contributed by atoms with Gasteiger partial charge in [0.2, 0.25) is 5.67 Å². The molecular formula is C29H18F6O4. The minimum atomic E-state index is -6.22. The van der Waals surface area contributed by atoms with Crippen LogP contribution in [0.25, 0.3) is 0 Å². The Kier molecular flexibility index (Phi) is 7.49. The van der Waals surface area contributed by atoms with Crippen LogP contribution < -0.4 is 9.47 Å². The predicted octanol–water partition coefficient (Wildman–Crippen LogP) is 8.31. The van der Waals surface area contributed by atoms with E-state index >= 15 is 4.39 Å². The summed E-state index contributed by atoms with van der Waals surface area (Å²) in [4.78, 5) is 21.5. The number of benzene rings is 4. The first-order chi connectivity index (χ1) is 18.5. The van der Waals surface area contributed by atoms with E-state index in [0.29, 0.717) is 23.7 Å². The SMILES string of the molecule is O=Cc1ccc(Oc2ccc(C(F)(c3ccc(Oc4ccc(C=O)cc4)cc3)C(F)(F)C(F)(F)F)cc2)cc1. The van der Waals surface area contributed by atoms with Gasteiger partial charge in [0.25, 0.3) is 0 Å². The molecule has 0 unspecified atom stereocenters. The third kappa shape index (κ3) is 5.50. The Bertz CT molecular complexity index is 1330. The number of ether oxygens (including phenoxy) is 2. The summed E-state index contributed by atoms with van der Waals surface area (Å²) in [6.07, 6.45) is -4.98. The summed E-state index contributed by atoms with van der Waals surface area (Å²) < 4.78 is 97.2. The fourth-order valence-corrected chi connectivity index (χ4v) is 3.73. The van der Waals surface area contributed by atoms with Crippen LogP contribution in [-0.4, -0.2) is 24.7 Å². The van der Waals surface area contributed by atoms with E-state index in [1.807, 2.05) is 0 Å². The van der Waals surface area contributed by atoms with Crippen LogP contribution in [0.1, 0.15) is 31.8 Å². The number of hydrogen-bond acceptors (Lipinski definition) is 4. The van der Waals surface area contributed by atoms with E-state index in [9.17, 15) is 31.5 Å². The lowest BCUT2D eigenvalue weighted by molar-refractivity contribution is -0.323. The second-order valence-corrected chi connectivity index (χ2v) is 8.36. The van der Waals surface area contributed by atoms with Gasteiger partial charge in [-0.1, -0.05) is 24.3 Å². The molecule has 200 valence electrons. The number of alkyl halides is 6. The zero-order chi connectivity index (χ0) is 28.3. The molecule has 0 saturated carbocycles. The maximum atomic E-state index is 16.2. The summed E-state index contributed by atoms with van der Waals surface area (Å²) in [5, 5.41) is 0. The van der Waals surface area contributed by atoms with Gasteiger partial charge >= 0.3 is 12.1 Å². The maximum absolute atomic E-state index is 16.2. The molecule has 4 aromatic carbocycles. The Morgan fingerprint density at radius 2 is 0.744 bits per heavy atom. The van der Waals surface area contributed by atoms with E-state index in [0.717, 1.165) is 48.5 Å². The average molecular weight is 544 g/mol. The molecule has 4 nitrogen and oxygen atoms in total. The Hall–Kier alpha value is -4.60. The Balaban J connectivity index is 1.65. The van der Waals surface area contributed by atoms with Crippen LogP contribution in [0.3, 0.4) is 0 Å². The van der Waals surface area contributed by atoms with E-state index in [1.54, 1.807) is 0 Å². The van der Waals surface area contributed by atoms with Crippen molar-refractivity contribution in [1.29, 1.82) is 0 Å². The van der Waals surface area contributed by atoms with Crippen LogP contribution in [0.2, 0.25) is 0 Å². The lowest BCUT2D eigenvalue weighted by Crippen LogP contribution is -2.53. The largest absolute Gasteiger partial charge is 0.457 e. The maximum Gasteiger partial charge on any atom is 0.457 e. The monoisotopic (exact) mass is 544 g/mol. The highest BCUT2D eigenvalue weighted by atomic mass is 19.4. The zero-order valence-corrected chi connectivity index (χ0v) is 19.8. The minimum absolute atomic E-state index is 0.0413. The number of carbonyl (C=O) groups is 2. The zero-order valence-electron chi connectivity index (χ0n) is 19.8. The van der Waals surface area contributed by atoms with Crippen molar-refractivity contribution in [1.82, 2.24) is 0 Å². The van der Waals surface area contributed by atoms with E-state index in [1.165, 1.54) is 48.5 Å².